The van der Waals surface area contributed by atoms with Crippen molar-refractivity contribution in [3.05, 3.63) is 35.9 Å². The van der Waals surface area contributed by atoms with E-state index in [1.54, 1.807) is 14.2 Å². The van der Waals surface area contributed by atoms with Gasteiger partial charge in [-0.05, 0) is 18.4 Å². The van der Waals surface area contributed by atoms with Crippen molar-refractivity contribution in [1.82, 2.24) is 0 Å². The molecule has 0 aliphatic carbocycles. The van der Waals surface area contributed by atoms with E-state index in [0.717, 1.165) is 18.9 Å². The van der Waals surface area contributed by atoms with E-state index in [1.165, 1.54) is 5.56 Å². The minimum absolute atomic E-state index is 0.00217. The zero-order valence-electron chi connectivity index (χ0n) is 12.1. The molecule has 0 heterocycles. The topological polar surface area (TPSA) is 53.7 Å². The van der Waals surface area contributed by atoms with E-state index in [9.17, 15) is 0 Å². The van der Waals surface area contributed by atoms with Gasteiger partial charge < -0.3 is 19.0 Å². The van der Waals surface area contributed by atoms with E-state index < -0.39 is 8.80 Å². The summed E-state index contributed by atoms with van der Waals surface area (Å²) in [5.74, 6) is 0. The van der Waals surface area contributed by atoms with E-state index in [-0.39, 0.29) is 6.10 Å². The van der Waals surface area contributed by atoms with Gasteiger partial charge in [-0.3, -0.25) is 0 Å². The number of rotatable bonds is 9. The van der Waals surface area contributed by atoms with Gasteiger partial charge in [0.1, 0.15) is 0 Å². The molecule has 4 nitrogen and oxygen atoms in total. The highest BCUT2D eigenvalue weighted by atomic mass is 28.4. The molecule has 0 aliphatic heterocycles. The Kier molecular flexibility index (Phi) is 7.26. The monoisotopic (exact) mass is 283 g/mol. The summed E-state index contributed by atoms with van der Waals surface area (Å²) in [5, 5.41) is 0. The lowest BCUT2D eigenvalue weighted by Gasteiger charge is -2.30. The molecular formula is C14H25NO3Si. The van der Waals surface area contributed by atoms with Crippen molar-refractivity contribution in [2.24, 2.45) is 5.73 Å². The molecule has 0 radical (unpaired) electrons. The molecule has 1 rings (SSSR count). The molecule has 0 bridgehead atoms. The van der Waals surface area contributed by atoms with Gasteiger partial charge in [0.15, 0.2) is 0 Å². The smallest absolute Gasteiger partial charge is 0.377 e. The van der Waals surface area contributed by atoms with E-state index >= 15 is 0 Å². The van der Waals surface area contributed by atoms with Gasteiger partial charge in [-0.1, -0.05) is 37.3 Å². The molecule has 0 aliphatic rings. The highest BCUT2D eigenvalue weighted by Crippen LogP contribution is 2.20. The summed E-state index contributed by atoms with van der Waals surface area (Å²) < 4.78 is 17.2. The SMILES string of the molecule is CCC(CN)O[Si](CCc1ccccc1)(OC)OC. The second-order valence-corrected chi connectivity index (χ2v) is 7.38. The fraction of sp³-hybridized carbons (Fsp3) is 0.571. The minimum Gasteiger partial charge on any atom is -0.377 e. The minimum atomic E-state index is -2.61. The van der Waals surface area contributed by atoms with Gasteiger partial charge in [-0.2, -0.15) is 0 Å². The first kappa shape index (κ1) is 16.3. The van der Waals surface area contributed by atoms with Crippen molar-refractivity contribution in [3.63, 3.8) is 0 Å². The first-order chi connectivity index (χ1) is 9.19. The molecule has 1 aromatic rings. The molecule has 0 fully saturated rings. The zero-order chi connectivity index (χ0) is 14.1. The Morgan fingerprint density at radius 1 is 1.16 bits per heavy atom. The van der Waals surface area contributed by atoms with Crippen LogP contribution in [0.1, 0.15) is 18.9 Å². The Bertz CT molecular complexity index is 340. The third kappa shape index (κ3) is 5.04. The first-order valence-electron chi connectivity index (χ1n) is 6.71. The normalized spacial score (nSPS) is 13.5. The number of hydrogen-bond acceptors (Lipinski definition) is 4. The Hall–Kier alpha value is -0.723. The van der Waals surface area contributed by atoms with Gasteiger partial charge in [-0.15, -0.1) is 0 Å². The molecule has 1 atom stereocenters. The van der Waals surface area contributed by atoms with Crippen LogP contribution in [0.4, 0.5) is 0 Å². The second kappa shape index (κ2) is 8.45. The molecule has 0 aromatic heterocycles. The molecular weight excluding hydrogens is 258 g/mol. The fourth-order valence-corrected chi connectivity index (χ4v) is 4.19. The molecule has 5 heteroatoms. The number of aryl methyl sites for hydroxylation is 1. The summed E-state index contributed by atoms with van der Waals surface area (Å²) in [6.07, 6.45) is 1.75. The highest BCUT2D eigenvalue weighted by Gasteiger charge is 2.40. The van der Waals surface area contributed by atoms with Crippen LogP contribution in [0.3, 0.4) is 0 Å². The number of benzene rings is 1. The molecule has 0 saturated carbocycles. The van der Waals surface area contributed by atoms with Crippen molar-refractivity contribution >= 4 is 8.80 Å². The number of hydrogen-bond donors (Lipinski definition) is 1. The maximum atomic E-state index is 6.03. The summed E-state index contributed by atoms with van der Waals surface area (Å²) in [4.78, 5) is 0. The lowest BCUT2D eigenvalue weighted by molar-refractivity contribution is 0.0568. The van der Waals surface area contributed by atoms with Crippen LogP contribution < -0.4 is 5.73 Å². The summed E-state index contributed by atoms with van der Waals surface area (Å²) in [7, 11) is 0.702. The molecule has 108 valence electrons. The van der Waals surface area contributed by atoms with E-state index in [4.69, 9.17) is 19.0 Å². The lowest BCUT2D eigenvalue weighted by atomic mass is 10.2. The first-order valence-corrected chi connectivity index (χ1v) is 8.65. The van der Waals surface area contributed by atoms with Crippen molar-refractivity contribution in [2.45, 2.75) is 31.9 Å². The molecule has 19 heavy (non-hydrogen) atoms. The maximum Gasteiger partial charge on any atom is 0.501 e. The summed E-state index contributed by atoms with van der Waals surface area (Å²) in [5.41, 5.74) is 6.96. The average Bonchev–Trinajstić information content (AvgIpc) is 2.49. The van der Waals surface area contributed by atoms with Crippen LogP contribution in [0, 0.1) is 0 Å². The van der Waals surface area contributed by atoms with Gasteiger partial charge in [-0.25, -0.2) is 0 Å². The molecule has 0 amide bonds. The van der Waals surface area contributed by atoms with Gasteiger partial charge in [0.25, 0.3) is 0 Å². The van der Waals surface area contributed by atoms with E-state index in [2.05, 4.69) is 19.1 Å². The quantitative estimate of drug-likeness (QED) is 0.706. The van der Waals surface area contributed by atoms with Crippen molar-refractivity contribution in [2.75, 3.05) is 20.8 Å². The predicted molar refractivity (Wildman–Crippen MR) is 78.9 cm³/mol. The molecule has 2 N–H and O–H groups in total. The summed E-state index contributed by atoms with van der Waals surface area (Å²) in [6, 6.07) is 11.1. The second-order valence-electron chi connectivity index (χ2n) is 4.46. The van der Waals surface area contributed by atoms with Crippen LogP contribution in [0.2, 0.25) is 6.04 Å². The predicted octanol–water partition coefficient (Wildman–Crippen LogP) is 2.21. The van der Waals surface area contributed by atoms with Crippen LogP contribution in [0.25, 0.3) is 0 Å². The third-order valence-corrected chi connectivity index (χ3v) is 6.05. The van der Waals surface area contributed by atoms with E-state index in [0.29, 0.717) is 6.54 Å². The fourth-order valence-electron chi connectivity index (χ4n) is 1.94. The van der Waals surface area contributed by atoms with Gasteiger partial charge in [0.05, 0.1) is 6.10 Å². The largest absolute Gasteiger partial charge is 0.501 e. The van der Waals surface area contributed by atoms with Crippen molar-refractivity contribution in [3.8, 4) is 0 Å². The highest BCUT2D eigenvalue weighted by molar-refractivity contribution is 6.60. The zero-order valence-corrected chi connectivity index (χ0v) is 13.1. The van der Waals surface area contributed by atoms with Crippen molar-refractivity contribution in [1.29, 1.82) is 0 Å². The van der Waals surface area contributed by atoms with Crippen LogP contribution >= 0.6 is 0 Å². The van der Waals surface area contributed by atoms with Crippen molar-refractivity contribution < 1.29 is 13.3 Å². The maximum absolute atomic E-state index is 6.03. The van der Waals surface area contributed by atoms with Gasteiger partial charge in [0.2, 0.25) is 0 Å². The van der Waals surface area contributed by atoms with E-state index in [1.807, 2.05) is 18.2 Å². The molecule has 0 spiro atoms. The molecule has 1 unspecified atom stereocenters. The van der Waals surface area contributed by atoms with Gasteiger partial charge >= 0.3 is 8.80 Å². The number of nitrogens with two attached hydrogens (primary N) is 1. The van der Waals surface area contributed by atoms with Crippen LogP contribution in [0.5, 0.6) is 0 Å². The standard InChI is InChI=1S/C14H25NO3Si/c1-4-14(12-15)18-19(16-2,17-3)11-10-13-8-6-5-7-9-13/h5-9,14H,4,10-12,15H2,1-3H3. The summed E-state index contributed by atoms with van der Waals surface area (Å²) in [6.45, 7) is 2.54. The molecule has 0 saturated heterocycles. The Morgan fingerprint density at radius 3 is 2.26 bits per heavy atom. The summed E-state index contributed by atoms with van der Waals surface area (Å²) >= 11 is 0. The Balaban J connectivity index is 2.65. The average molecular weight is 283 g/mol. The van der Waals surface area contributed by atoms with Gasteiger partial charge in [0, 0.05) is 26.8 Å². The van der Waals surface area contributed by atoms with Crippen LogP contribution in [0.15, 0.2) is 30.3 Å². The molecule has 1 aromatic carbocycles. The lowest BCUT2D eigenvalue weighted by Crippen LogP contribution is -2.48. The Labute approximate surface area is 117 Å². The van der Waals surface area contributed by atoms with Crippen LogP contribution in [-0.2, 0) is 19.7 Å². The van der Waals surface area contributed by atoms with Crippen LogP contribution in [-0.4, -0.2) is 35.7 Å². The Morgan fingerprint density at radius 2 is 1.79 bits per heavy atom. The third-order valence-electron chi connectivity index (χ3n) is 3.25.